The van der Waals surface area contributed by atoms with E-state index in [1.54, 1.807) is 0 Å². The zero-order valence-electron chi connectivity index (χ0n) is 9.15. The van der Waals surface area contributed by atoms with Crippen molar-refractivity contribution in [3.8, 4) is 11.6 Å². The Bertz CT molecular complexity index is 615. The van der Waals surface area contributed by atoms with Gasteiger partial charge in [0.2, 0.25) is 11.8 Å². The number of hydrogen-bond donors (Lipinski definition) is 2. The molecule has 94 valence electrons. The summed E-state index contributed by atoms with van der Waals surface area (Å²) in [5.74, 6) is -0.552. The lowest BCUT2D eigenvalue weighted by Crippen LogP contribution is -2.26. The number of nitro groups is 1. The molecule has 0 aromatic carbocycles. The third-order valence-electron chi connectivity index (χ3n) is 2.03. The number of nitrogens with one attached hydrogen (secondary N) is 1. The lowest BCUT2D eigenvalue weighted by Gasteiger charge is -1.97. The number of anilines is 1. The second-order valence-electron chi connectivity index (χ2n) is 3.16. The Morgan fingerprint density at radius 1 is 1.61 bits per heavy atom. The van der Waals surface area contributed by atoms with Gasteiger partial charge in [0.15, 0.2) is 5.76 Å². The van der Waals surface area contributed by atoms with Crippen LogP contribution < -0.4 is 11.1 Å². The Morgan fingerprint density at radius 3 is 2.89 bits per heavy atom. The van der Waals surface area contributed by atoms with E-state index in [9.17, 15) is 14.9 Å². The van der Waals surface area contributed by atoms with Crippen molar-refractivity contribution >= 4 is 17.9 Å². The number of furan rings is 1. The van der Waals surface area contributed by atoms with Crippen molar-refractivity contribution in [2.24, 2.45) is 0 Å². The third kappa shape index (κ3) is 1.86. The van der Waals surface area contributed by atoms with Gasteiger partial charge >= 0.3 is 11.9 Å². The second-order valence-corrected chi connectivity index (χ2v) is 3.16. The van der Waals surface area contributed by atoms with Crippen LogP contribution in [0, 0.1) is 10.1 Å². The van der Waals surface area contributed by atoms with Gasteiger partial charge in [0.25, 0.3) is 0 Å². The minimum absolute atomic E-state index is 0.01000. The van der Waals surface area contributed by atoms with E-state index in [0.717, 1.165) is 10.7 Å². The molecule has 2 heterocycles. The zero-order valence-corrected chi connectivity index (χ0v) is 9.15. The van der Waals surface area contributed by atoms with Crippen LogP contribution in [0.2, 0.25) is 0 Å². The molecular weight excluding hydrogens is 244 g/mol. The van der Waals surface area contributed by atoms with Gasteiger partial charge in [-0.3, -0.25) is 10.1 Å². The first kappa shape index (κ1) is 11.6. The summed E-state index contributed by atoms with van der Waals surface area (Å²) in [6, 6.07) is 1.90. The van der Waals surface area contributed by atoms with E-state index < -0.39 is 16.8 Å². The first-order valence-electron chi connectivity index (χ1n) is 4.72. The fourth-order valence-corrected chi connectivity index (χ4v) is 1.23. The molecule has 0 atom stereocenters. The van der Waals surface area contributed by atoms with E-state index in [4.69, 9.17) is 10.2 Å². The van der Waals surface area contributed by atoms with Crippen LogP contribution in [0.4, 0.5) is 16.6 Å². The molecule has 2 rings (SSSR count). The highest BCUT2D eigenvalue weighted by Gasteiger charge is 2.19. The molecule has 0 spiro atoms. The van der Waals surface area contributed by atoms with Gasteiger partial charge < -0.3 is 15.5 Å². The number of nitrogens with two attached hydrogens (primary N) is 1. The Kier molecular flexibility index (Phi) is 2.67. The number of carbonyl (C=O) groups excluding carboxylic acids is 1. The summed E-state index contributed by atoms with van der Waals surface area (Å²) in [5, 5.41) is 16.5. The van der Waals surface area contributed by atoms with Gasteiger partial charge in [-0.15, -0.1) is 9.78 Å². The molecule has 0 aliphatic heterocycles. The molecule has 0 saturated carbocycles. The quantitative estimate of drug-likeness (QED) is 0.574. The van der Waals surface area contributed by atoms with E-state index in [0.29, 0.717) is 0 Å². The maximum Gasteiger partial charge on any atom is 0.433 e. The SMILES string of the molecule is CNC(=O)n1nc(-c2ccc([N+](=O)[O-])o2)nc1N. The molecule has 10 heteroatoms. The number of hydrogen-bond acceptors (Lipinski definition) is 7. The van der Waals surface area contributed by atoms with E-state index in [-0.39, 0.29) is 17.5 Å². The maximum atomic E-state index is 11.3. The minimum Gasteiger partial charge on any atom is -0.397 e. The Balaban J connectivity index is 2.39. The van der Waals surface area contributed by atoms with Crippen LogP contribution in [-0.4, -0.2) is 32.8 Å². The first-order chi connectivity index (χ1) is 8.52. The summed E-state index contributed by atoms with van der Waals surface area (Å²) in [6.07, 6.45) is 0. The van der Waals surface area contributed by atoms with Crippen molar-refractivity contribution in [1.29, 1.82) is 0 Å². The number of amides is 1. The standard InChI is InChI=1S/C8H8N6O4/c1-10-8(15)13-7(9)11-6(12-13)4-2-3-5(18-4)14(16)17/h2-3H,1H3,(H,10,15)(H2,9,11,12). The van der Waals surface area contributed by atoms with E-state index >= 15 is 0 Å². The molecule has 0 aliphatic rings. The monoisotopic (exact) mass is 252 g/mol. The lowest BCUT2D eigenvalue weighted by molar-refractivity contribution is -0.401. The van der Waals surface area contributed by atoms with Gasteiger partial charge in [-0.25, -0.2) is 4.79 Å². The molecule has 0 aliphatic carbocycles. The molecule has 2 aromatic rings. The molecule has 10 nitrogen and oxygen atoms in total. The normalized spacial score (nSPS) is 10.3. The van der Waals surface area contributed by atoms with E-state index in [1.165, 1.54) is 13.1 Å². The lowest BCUT2D eigenvalue weighted by atomic mass is 10.4. The Labute approximate surface area is 99.5 Å². The number of carbonyl (C=O) groups is 1. The smallest absolute Gasteiger partial charge is 0.397 e. The number of nitrogen functional groups attached to an aromatic ring is 1. The van der Waals surface area contributed by atoms with Gasteiger partial charge in [0.1, 0.15) is 4.92 Å². The summed E-state index contributed by atoms with van der Waals surface area (Å²) in [7, 11) is 1.40. The summed E-state index contributed by atoms with van der Waals surface area (Å²) in [4.78, 5) is 24.9. The fraction of sp³-hybridized carbons (Fsp3) is 0.125. The number of nitrogens with zero attached hydrogens (tertiary/aromatic N) is 4. The van der Waals surface area contributed by atoms with Gasteiger partial charge in [-0.05, 0) is 6.07 Å². The molecule has 0 bridgehead atoms. The van der Waals surface area contributed by atoms with Crippen LogP contribution >= 0.6 is 0 Å². The summed E-state index contributed by atoms with van der Waals surface area (Å²) in [6.45, 7) is 0. The largest absolute Gasteiger partial charge is 0.433 e. The van der Waals surface area contributed by atoms with Crippen LogP contribution in [0.25, 0.3) is 11.6 Å². The molecule has 0 saturated heterocycles. The van der Waals surface area contributed by atoms with Crippen LogP contribution in [0.15, 0.2) is 16.5 Å². The first-order valence-corrected chi connectivity index (χ1v) is 4.72. The fourth-order valence-electron chi connectivity index (χ4n) is 1.23. The van der Waals surface area contributed by atoms with Gasteiger partial charge in [0.05, 0.1) is 6.07 Å². The van der Waals surface area contributed by atoms with Crippen molar-refractivity contribution in [1.82, 2.24) is 20.1 Å². The molecule has 2 aromatic heterocycles. The molecule has 3 N–H and O–H groups in total. The Hall–Kier alpha value is -2.91. The summed E-state index contributed by atoms with van der Waals surface area (Å²) in [5.41, 5.74) is 5.47. The summed E-state index contributed by atoms with van der Waals surface area (Å²) < 4.78 is 5.71. The molecule has 18 heavy (non-hydrogen) atoms. The zero-order chi connectivity index (χ0) is 13.3. The topological polar surface area (TPSA) is 142 Å². The minimum atomic E-state index is -0.692. The predicted molar refractivity (Wildman–Crippen MR) is 58.6 cm³/mol. The molecule has 0 fully saturated rings. The van der Waals surface area contributed by atoms with Gasteiger partial charge in [0, 0.05) is 7.05 Å². The van der Waals surface area contributed by atoms with Crippen molar-refractivity contribution < 1.29 is 14.1 Å². The van der Waals surface area contributed by atoms with Crippen LogP contribution in [0.3, 0.4) is 0 Å². The molecule has 0 radical (unpaired) electrons. The van der Waals surface area contributed by atoms with Crippen LogP contribution in [0.5, 0.6) is 0 Å². The predicted octanol–water partition coefficient (Wildman–Crippen LogP) is 0.216. The van der Waals surface area contributed by atoms with Crippen LogP contribution in [0.1, 0.15) is 0 Å². The Morgan fingerprint density at radius 2 is 2.33 bits per heavy atom. The highest BCUT2D eigenvalue weighted by atomic mass is 16.6. The average Bonchev–Trinajstić information content (AvgIpc) is 2.94. The third-order valence-corrected chi connectivity index (χ3v) is 2.03. The van der Waals surface area contributed by atoms with Crippen molar-refractivity contribution in [2.45, 2.75) is 0 Å². The van der Waals surface area contributed by atoms with Gasteiger partial charge in [-0.2, -0.15) is 4.98 Å². The molecular formula is C8H8N6O4. The number of rotatable bonds is 2. The molecule has 1 amide bonds. The van der Waals surface area contributed by atoms with Gasteiger partial charge in [-0.1, -0.05) is 0 Å². The highest BCUT2D eigenvalue weighted by molar-refractivity contribution is 5.78. The van der Waals surface area contributed by atoms with E-state index in [1.807, 2.05) is 0 Å². The summed E-state index contributed by atoms with van der Waals surface area (Å²) >= 11 is 0. The molecule has 0 unspecified atom stereocenters. The highest BCUT2D eigenvalue weighted by Crippen LogP contribution is 2.23. The average molecular weight is 252 g/mol. The van der Waals surface area contributed by atoms with Crippen LogP contribution in [-0.2, 0) is 0 Å². The number of aromatic nitrogens is 3. The van der Waals surface area contributed by atoms with Crippen molar-refractivity contribution in [3.05, 3.63) is 22.2 Å². The maximum absolute atomic E-state index is 11.3. The van der Waals surface area contributed by atoms with Crippen molar-refractivity contribution in [3.63, 3.8) is 0 Å². The van der Waals surface area contributed by atoms with Crippen molar-refractivity contribution in [2.75, 3.05) is 12.8 Å². The van der Waals surface area contributed by atoms with E-state index in [2.05, 4.69) is 15.4 Å². The second kappa shape index (κ2) is 4.16.